The van der Waals surface area contributed by atoms with Gasteiger partial charge in [-0.3, -0.25) is 4.79 Å². The van der Waals surface area contributed by atoms with E-state index in [4.69, 9.17) is 4.42 Å². The van der Waals surface area contributed by atoms with Crippen molar-refractivity contribution in [2.24, 2.45) is 0 Å². The molecule has 0 aliphatic heterocycles. The number of rotatable bonds is 7. The minimum Gasteiger partial charge on any atom is -0.459 e. The number of nitrogens with one attached hydrogen (secondary N) is 1. The number of furan rings is 1. The second kappa shape index (κ2) is 8.44. The Bertz CT molecular complexity index is 1040. The summed E-state index contributed by atoms with van der Waals surface area (Å²) in [5.74, 6) is -0.321. The van der Waals surface area contributed by atoms with Crippen molar-refractivity contribution in [2.75, 3.05) is 5.32 Å². The number of amides is 1. The molecule has 3 rings (SSSR count). The lowest BCUT2D eigenvalue weighted by atomic mass is 9.99. The molecule has 0 fully saturated rings. The van der Waals surface area contributed by atoms with Gasteiger partial charge in [0.25, 0.3) is 5.91 Å². The maximum atomic E-state index is 12.6. The van der Waals surface area contributed by atoms with Crippen LogP contribution in [0.5, 0.6) is 0 Å². The van der Waals surface area contributed by atoms with Crippen molar-refractivity contribution < 1.29 is 17.6 Å². The van der Waals surface area contributed by atoms with E-state index in [-0.39, 0.29) is 16.4 Å². The molecule has 0 saturated carbocycles. The van der Waals surface area contributed by atoms with E-state index in [1.807, 2.05) is 24.3 Å². The average molecular weight is 397 g/mol. The van der Waals surface area contributed by atoms with Crippen LogP contribution in [0.1, 0.15) is 47.9 Å². The number of benzene rings is 2. The Morgan fingerprint density at radius 1 is 1.04 bits per heavy atom. The Labute approximate surface area is 165 Å². The van der Waals surface area contributed by atoms with Gasteiger partial charge in [0.05, 0.1) is 16.9 Å². The molecular formula is C22H23NO4S. The van der Waals surface area contributed by atoms with E-state index < -0.39 is 15.7 Å². The highest BCUT2D eigenvalue weighted by atomic mass is 32.2. The Morgan fingerprint density at radius 2 is 1.71 bits per heavy atom. The van der Waals surface area contributed by atoms with Crippen molar-refractivity contribution >= 4 is 21.4 Å². The molecule has 0 aliphatic carbocycles. The van der Waals surface area contributed by atoms with E-state index in [9.17, 15) is 13.2 Å². The normalized spacial score (nSPS) is 12.5. The molecule has 28 heavy (non-hydrogen) atoms. The third-order valence-electron chi connectivity index (χ3n) is 4.75. The summed E-state index contributed by atoms with van der Waals surface area (Å²) in [4.78, 5) is 12.8. The van der Waals surface area contributed by atoms with Gasteiger partial charge < -0.3 is 9.73 Å². The molecule has 1 heterocycles. The maximum absolute atomic E-state index is 12.6. The van der Waals surface area contributed by atoms with Crippen LogP contribution in [0.4, 0.5) is 5.69 Å². The summed E-state index contributed by atoms with van der Waals surface area (Å²) in [7, 11) is -3.57. The smallest absolute Gasteiger partial charge is 0.291 e. The molecule has 5 nitrogen and oxygen atoms in total. The first-order chi connectivity index (χ1) is 13.4. The zero-order chi connectivity index (χ0) is 20.1. The van der Waals surface area contributed by atoms with Crippen LogP contribution in [0.3, 0.4) is 0 Å². The second-order valence-corrected chi connectivity index (χ2v) is 8.72. The summed E-state index contributed by atoms with van der Waals surface area (Å²) in [6, 6.07) is 17.3. The molecule has 146 valence electrons. The molecule has 1 aromatic heterocycles. The lowest BCUT2D eigenvalue weighted by Crippen LogP contribution is -2.14. The van der Waals surface area contributed by atoms with Gasteiger partial charge in [0, 0.05) is 11.3 Å². The molecule has 0 spiro atoms. The summed E-state index contributed by atoms with van der Waals surface area (Å²) < 4.78 is 30.5. The number of sulfone groups is 1. The highest BCUT2D eigenvalue weighted by Crippen LogP contribution is 2.23. The predicted molar refractivity (Wildman–Crippen MR) is 109 cm³/mol. The first-order valence-electron chi connectivity index (χ1n) is 9.16. The summed E-state index contributed by atoms with van der Waals surface area (Å²) in [6.45, 7) is 4.28. The van der Waals surface area contributed by atoms with E-state index in [2.05, 4.69) is 19.2 Å². The summed E-state index contributed by atoms with van der Waals surface area (Å²) in [5, 5.41) is 2.77. The highest BCUT2D eigenvalue weighted by molar-refractivity contribution is 7.90. The Morgan fingerprint density at radius 3 is 2.36 bits per heavy atom. The fourth-order valence-corrected chi connectivity index (χ4v) is 4.26. The van der Waals surface area contributed by atoms with Crippen LogP contribution >= 0.6 is 0 Å². The van der Waals surface area contributed by atoms with Gasteiger partial charge in [-0.1, -0.05) is 44.2 Å². The van der Waals surface area contributed by atoms with Crippen LogP contribution in [0.2, 0.25) is 0 Å². The van der Waals surface area contributed by atoms with Crippen molar-refractivity contribution in [1.29, 1.82) is 0 Å². The molecule has 0 radical (unpaired) electrons. The van der Waals surface area contributed by atoms with Crippen LogP contribution in [0.25, 0.3) is 0 Å². The molecule has 1 amide bonds. The molecular weight excluding hydrogens is 374 g/mol. The van der Waals surface area contributed by atoms with E-state index in [0.717, 1.165) is 6.42 Å². The third-order valence-corrected chi connectivity index (χ3v) is 6.43. The van der Waals surface area contributed by atoms with Crippen molar-refractivity contribution in [2.45, 2.75) is 36.8 Å². The second-order valence-electron chi connectivity index (χ2n) is 6.73. The van der Waals surface area contributed by atoms with E-state index in [1.54, 1.807) is 18.2 Å². The average Bonchev–Trinajstić information content (AvgIpc) is 3.16. The minimum absolute atomic E-state index is 0.00510. The lowest BCUT2D eigenvalue weighted by Gasteiger charge is -2.10. The van der Waals surface area contributed by atoms with Crippen molar-refractivity contribution in [1.82, 2.24) is 0 Å². The lowest BCUT2D eigenvalue weighted by molar-refractivity contribution is 0.0996. The number of hydrogen-bond acceptors (Lipinski definition) is 4. The monoisotopic (exact) mass is 397 g/mol. The third kappa shape index (κ3) is 4.51. The molecule has 1 atom stereocenters. The van der Waals surface area contributed by atoms with Gasteiger partial charge in [0.1, 0.15) is 0 Å². The number of anilines is 1. The van der Waals surface area contributed by atoms with E-state index in [0.29, 0.717) is 17.2 Å². The molecule has 2 aromatic carbocycles. The van der Waals surface area contributed by atoms with Crippen molar-refractivity contribution in [3.63, 3.8) is 0 Å². The van der Waals surface area contributed by atoms with Crippen LogP contribution in [-0.2, 0) is 15.6 Å². The molecule has 0 bridgehead atoms. The van der Waals surface area contributed by atoms with Gasteiger partial charge >= 0.3 is 0 Å². The topological polar surface area (TPSA) is 76.4 Å². The fraction of sp³-hybridized carbons (Fsp3) is 0.227. The van der Waals surface area contributed by atoms with Gasteiger partial charge in [-0.15, -0.1) is 0 Å². The van der Waals surface area contributed by atoms with E-state index in [1.165, 1.54) is 30.0 Å². The number of hydrogen-bond donors (Lipinski definition) is 1. The van der Waals surface area contributed by atoms with Crippen LogP contribution in [0.15, 0.2) is 76.2 Å². The summed E-state index contributed by atoms with van der Waals surface area (Å²) >= 11 is 0. The van der Waals surface area contributed by atoms with Gasteiger partial charge in [0.15, 0.2) is 15.6 Å². The quantitative estimate of drug-likeness (QED) is 0.607. The zero-order valence-electron chi connectivity index (χ0n) is 15.9. The van der Waals surface area contributed by atoms with Crippen molar-refractivity contribution in [3.05, 3.63) is 83.8 Å². The van der Waals surface area contributed by atoms with Gasteiger partial charge in [0.2, 0.25) is 0 Å². The van der Waals surface area contributed by atoms with Crippen LogP contribution < -0.4 is 5.32 Å². The Kier molecular flexibility index (Phi) is 5.99. The first-order valence-corrected chi connectivity index (χ1v) is 10.8. The number of carbonyl (C=O) groups excluding carboxylic acids is 1. The first kappa shape index (κ1) is 19.9. The SMILES string of the molecule is CC[C@@H](C)c1ccc(NC(=O)c2occc2CS(=O)(=O)c2ccccc2)cc1. The van der Waals surface area contributed by atoms with Crippen LogP contribution in [-0.4, -0.2) is 14.3 Å². The Hall–Kier alpha value is -2.86. The molecule has 3 aromatic rings. The maximum Gasteiger partial charge on any atom is 0.291 e. The Balaban J connectivity index is 1.75. The molecule has 6 heteroatoms. The minimum atomic E-state index is -3.57. The molecule has 0 saturated heterocycles. The predicted octanol–water partition coefficient (Wildman–Crippen LogP) is 5.02. The van der Waals surface area contributed by atoms with Gasteiger partial charge in [-0.2, -0.15) is 0 Å². The van der Waals surface area contributed by atoms with Crippen molar-refractivity contribution in [3.8, 4) is 0 Å². The van der Waals surface area contributed by atoms with Gasteiger partial charge in [-0.05, 0) is 48.2 Å². The molecule has 0 unspecified atom stereocenters. The van der Waals surface area contributed by atoms with E-state index >= 15 is 0 Å². The largest absolute Gasteiger partial charge is 0.459 e. The number of carbonyl (C=O) groups is 1. The van der Waals surface area contributed by atoms with Crippen LogP contribution in [0, 0.1) is 0 Å². The molecule has 1 N–H and O–H groups in total. The standard InChI is InChI=1S/C22H23NO4S/c1-3-16(2)17-9-11-19(12-10-17)23-22(24)21-18(13-14-27-21)15-28(25,26)20-7-5-4-6-8-20/h4-14,16H,3,15H2,1-2H3,(H,23,24)/t16-/m1/s1. The highest BCUT2D eigenvalue weighted by Gasteiger charge is 2.22. The summed E-state index contributed by atoms with van der Waals surface area (Å²) in [5.41, 5.74) is 2.16. The fourth-order valence-electron chi connectivity index (χ4n) is 2.88. The van der Waals surface area contributed by atoms with Gasteiger partial charge in [-0.25, -0.2) is 8.42 Å². The molecule has 0 aliphatic rings. The zero-order valence-corrected chi connectivity index (χ0v) is 16.7. The summed E-state index contributed by atoms with van der Waals surface area (Å²) in [6.07, 6.45) is 2.37.